The smallest absolute Gasteiger partial charge is 0.251 e. The summed E-state index contributed by atoms with van der Waals surface area (Å²) in [7, 11) is 0. The maximum Gasteiger partial charge on any atom is 0.251 e. The fourth-order valence-corrected chi connectivity index (χ4v) is 3.23. The second-order valence-electron chi connectivity index (χ2n) is 6.71. The molecule has 2 aromatic heterocycles. The van der Waals surface area contributed by atoms with E-state index in [2.05, 4.69) is 21.4 Å². The van der Waals surface area contributed by atoms with E-state index in [1.54, 1.807) is 17.0 Å². The molecule has 0 radical (unpaired) electrons. The van der Waals surface area contributed by atoms with E-state index in [4.69, 9.17) is 0 Å². The van der Waals surface area contributed by atoms with Crippen molar-refractivity contribution in [1.29, 1.82) is 0 Å². The van der Waals surface area contributed by atoms with Crippen molar-refractivity contribution >= 4 is 22.7 Å². The van der Waals surface area contributed by atoms with E-state index in [9.17, 15) is 9.59 Å². The molecule has 0 bridgehead atoms. The molecule has 1 N–H and O–H groups in total. The number of rotatable bonds is 5. The zero-order chi connectivity index (χ0) is 20.2. The summed E-state index contributed by atoms with van der Waals surface area (Å²) in [6.45, 7) is 2.24. The Hall–Kier alpha value is -3.80. The van der Waals surface area contributed by atoms with Gasteiger partial charge in [0.1, 0.15) is 6.33 Å². The Morgan fingerprint density at radius 3 is 2.41 bits per heavy atom. The lowest BCUT2D eigenvalue weighted by atomic mass is 10.0. The molecule has 2 aromatic carbocycles. The molecule has 0 unspecified atom stereocenters. The van der Waals surface area contributed by atoms with E-state index in [0.717, 1.165) is 27.6 Å². The van der Waals surface area contributed by atoms with Crippen molar-refractivity contribution in [2.24, 2.45) is 0 Å². The molecule has 0 spiro atoms. The average Bonchev–Trinajstić information content (AvgIpc) is 3.21. The fraction of sp³-hybridized carbons (Fsp3) is 0.130. The highest BCUT2D eigenvalue weighted by molar-refractivity contribution is 5.96. The normalized spacial score (nSPS) is 10.8. The van der Waals surface area contributed by atoms with Crippen LogP contribution >= 0.6 is 0 Å². The summed E-state index contributed by atoms with van der Waals surface area (Å²) in [6, 6.07) is 15.4. The fourth-order valence-electron chi connectivity index (χ4n) is 3.23. The molecule has 0 aliphatic carbocycles. The van der Waals surface area contributed by atoms with Gasteiger partial charge in [-0.05, 0) is 41.5 Å². The van der Waals surface area contributed by atoms with Crippen molar-refractivity contribution in [2.45, 2.75) is 19.9 Å². The molecule has 4 rings (SSSR count). The van der Waals surface area contributed by atoms with Gasteiger partial charge in [-0.3, -0.25) is 14.2 Å². The van der Waals surface area contributed by atoms with Crippen LogP contribution in [0, 0.1) is 0 Å². The molecule has 0 fully saturated rings. The number of hydrogen-bond donors (Lipinski definition) is 1. The van der Waals surface area contributed by atoms with E-state index in [-0.39, 0.29) is 11.8 Å². The number of amides is 1. The molecule has 6 nitrogen and oxygen atoms in total. The van der Waals surface area contributed by atoms with Crippen molar-refractivity contribution in [2.75, 3.05) is 0 Å². The lowest BCUT2D eigenvalue weighted by Gasteiger charge is -2.07. The number of nitrogens with zero attached hydrogens (tertiary/aromatic N) is 3. The molecular weight excluding hydrogens is 364 g/mol. The maximum atomic E-state index is 12.3. The van der Waals surface area contributed by atoms with Gasteiger partial charge in [0, 0.05) is 48.1 Å². The summed E-state index contributed by atoms with van der Waals surface area (Å²) in [4.78, 5) is 32.2. The van der Waals surface area contributed by atoms with E-state index < -0.39 is 0 Å². The molecule has 0 aliphatic heterocycles. The van der Waals surface area contributed by atoms with Crippen LogP contribution in [0.2, 0.25) is 0 Å². The highest BCUT2D eigenvalue weighted by atomic mass is 16.2. The van der Waals surface area contributed by atoms with E-state index in [1.807, 2.05) is 55.6 Å². The zero-order valence-corrected chi connectivity index (χ0v) is 16.0. The molecule has 0 atom stereocenters. The summed E-state index contributed by atoms with van der Waals surface area (Å²) < 4.78 is 1.68. The first-order chi connectivity index (χ1) is 14.2. The number of hydrogen-bond acceptors (Lipinski definition) is 4. The van der Waals surface area contributed by atoms with Crippen LogP contribution in [-0.4, -0.2) is 26.3 Å². The minimum absolute atomic E-state index is 0.0742. The zero-order valence-electron chi connectivity index (χ0n) is 16.0. The van der Waals surface area contributed by atoms with Crippen LogP contribution in [0.25, 0.3) is 22.0 Å². The summed E-state index contributed by atoms with van der Waals surface area (Å²) in [6.07, 6.45) is 7.08. The molecule has 144 valence electrons. The Morgan fingerprint density at radius 1 is 0.966 bits per heavy atom. The Kier molecular flexibility index (Phi) is 5.16. The van der Waals surface area contributed by atoms with Gasteiger partial charge in [-0.25, -0.2) is 9.97 Å². The van der Waals surface area contributed by atoms with Gasteiger partial charge in [0.05, 0.1) is 5.52 Å². The quantitative estimate of drug-likeness (QED) is 0.562. The molecule has 0 saturated carbocycles. The van der Waals surface area contributed by atoms with Crippen molar-refractivity contribution in [3.63, 3.8) is 0 Å². The van der Waals surface area contributed by atoms with Gasteiger partial charge >= 0.3 is 0 Å². The number of carbonyl (C=O) groups excluding carboxylic acids is 2. The molecule has 29 heavy (non-hydrogen) atoms. The van der Waals surface area contributed by atoms with Gasteiger partial charge in [-0.1, -0.05) is 25.1 Å². The molecule has 2 heterocycles. The summed E-state index contributed by atoms with van der Waals surface area (Å²) in [5, 5.41) is 3.87. The second kappa shape index (κ2) is 8.06. The minimum Gasteiger partial charge on any atom is -0.348 e. The van der Waals surface area contributed by atoms with Crippen LogP contribution in [0.1, 0.15) is 34.1 Å². The first kappa shape index (κ1) is 18.6. The van der Waals surface area contributed by atoms with Gasteiger partial charge in [-0.2, -0.15) is 0 Å². The Morgan fingerprint density at radius 2 is 1.69 bits per heavy atom. The van der Waals surface area contributed by atoms with Crippen LogP contribution < -0.4 is 5.32 Å². The van der Waals surface area contributed by atoms with E-state index in [1.165, 1.54) is 6.33 Å². The largest absolute Gasteiger partial charge is 0.348 e. The molecule has 0 saturated heterocycles. The number of fused-ring (bicyclic) bond motifs is 1. The predicted octanol–water partition coefficient (Wildman–Crippen LogP) is 4.08. The number of nitrogens with one attached hydrogen (secondary N) is 1. The molecule has 4 aromatic rings. The molecule has 6 heteroatoms. The predicted molar refractivity (Wildman–Crippen MR) is 111 cm³/mol. The van der Waals surface area contributed by atoms with E-state index >= 15 is 0 Å². The van der Waals surface area contributed by atoms with Crippen LogP contribution in [0.3, 0.4) is 0 Å². The van der Waals surface area contributed by atoms with Crippen LogP contribution in [-0.2, 0) is 6.54 Å². The first-order valence-corrected chi connectivity index (χ1v) is 9.42. The average molecular weight is 384 g/mol. The van der Waals surface area contributed by atoms with Gasteiger partial charge in [0.2, 0.25) is 5.91 Å². The minimum atomic E-state index is -0.147. The summed E-state index contributed by atoms with van der Waals surface area (Å²) in [5.74, 6) is -0.0730. The van der Waals surface area contributed by atoms with Gasteiger partial charge < -0.3 is 5.32 Å². The molecule has 1 amide bonds. The van der Waals surface area contributed by atoms with Gasteiger partial charge in [0.15, 0.2) is 0 Å². The van der Waals surface area contributed by atoms with Gasteiger partial charge in [0.25, 0.3) is 5.91 Å². The van der Waals surface area contributed by atoms with Crippen LogP contribution in [0.5, 0.6) is 0 Å². The van der Waals surface area contributed by atoms with Crippen molar-refractivity contribution < 1.29 is 9.59 Å². The summed E-state index contributed by atoms with van der Waals surface area (Å²) >= 11 is 0. The Bertz CT molecular complexity index is 1160. The van der Waals surface area contributed by atoms with Crippen LogP contribution in [0.4, 0.5) is 0 Å². The Labute approximate surface area is 168 Å². The third-order valence-corrected chi connectivity index (χ3v) is 4.81. The molecular formula is C23H20N4O2. The van der Waals surface area contributed by atoms with Gasteiger partial charge in [-0.15, -0.1) is 0 Å². The monoisotopic (exact) mass is 384 g/mol. The van der Waals surface area contributed by atoms with E-state index in [0.29, 0.717) is 18.5 Å². The SMILES string of the molecule is CCC(=O)n1ccc2cc(-c3ccc(C(=O)NCc4cncnc4)cc3)ccc21. The first-order valence-electron chi connectivity index (χ1n) is 9.42. The third kappa shape index (κ3) is 3.91. The number of carbonyl (C=O) groups is 2. The second-order valence-corrected chi connectivity index (χ2v) is 6.71. The number of benzene rings is 2. The highest BCUT2D eigenvalue weighted by Crippen LogP contribution is 2.26. The number of aromatic nitrogens is 3. The highest BCUT2D eigenvalue weighted by Gasteiger charge is 2.09. The van der Waals surface area contributed by atoms with Crippen LogP contribution in [0.15, 0.2) is 73.4 Å². The summed E-state index contributed by atoms with van der Waals surface area (Å²) in [5.41, 5.74) is 4.38. The molecule has 0 aliphatic rings. The van der Waals surface area contributed by atoms with Crippen molar-refractivity contribution in [1.82, 2.24) is 19.9 Å². The standard InChI is InChI=1S/C23H20N4O2/c1-2-22(28)27-10-9-20-11-19(7-8-21(20)27)17-3-5-18(6-4-17)23(29)26-14-16-12-24-15-25-13-16/h3-13,15H,2,14H2,1H3,(H,26,29). The lowest BCUT2D eigenvalue weighted by molar-refractivity contribution is 0.0912. The van der Waals surface area contributed by atoms with Crippen molar-refractivity contribution in [3.8, 4) is 11.1 Å². The Balaban J connectivity index is 1.50. The maximum absolute atomic E-state index is 12.3. The topological polar surface area (TPSA) is 76.9 Å². The third-order valence-electron chi connectivity index (χ3n) is 4.81. The van der Waals surface area contributed by atoms with Crippen molar-refractivity contribution in [3.05, 3.63) is 84.6 Å². The lowest BCUT2D eigenvalue weighted by Crippen LogP contribution is -2.22.